The number of ether oxygens (including phenoxy) is 3. The summed E-state index contributed by atoms with van der Waals surface area (Å²) < 4.78 is 16.8. The summed E-state index contributed by atoms with van der Waals surface area (Å²) in [4.78, 5) is 0. The van der Waals surface area contributed by atoms with Crippen LogP contribution in [0.1, 0.15) is 13.8 Å². The van der Waals surface area contributed by atoms with Crippen molar-refractivity contribution in [3.63, 3.8) is 0 Å². The van der Waals surface area contributed by atoms with Gasteiger partial charge in [0.2, 0.25) is 0 Å². The molecule has 120 valence electrons. The Hall–Kier alpha value is -0.820. The fourth-order valence-electron chi connectivity index (χ4n) is 1.55. The lowest BCUT2D eigenvalue weighted by molar-refractivity contribution is 0.104. The number of hydrogen-bond donors (Lipinski definition) is 2. The van der Waals surface area contributed by atoms with Crippen molar-refractivity contribution >= 4 is 15.9 Å². The number of nitrogens with one attached hydrogen (secondary N) is 1. The lowest BCUT2D eigenvalue weighted by atomic mass is 10.3. The first-order valence-corrected chi connectivity index (χ1v) is 7.77. The van der Waals surface area contributed by atoms with Crippen LogP contribution in [0.3, 0.4) is 0 Å². The Bertz CT molecular complexity index is 415. The van der Waals surface area contributed by atoms with Gasteiger partial charge < -0.3 is 24.6 Å². The third kappa shape index (κ3) is 7.66. The van der Waals surface area contributed by atoms with Crippen molar-refractivity contribution in [2.24, 2.45) is 0 Å². The molecule has 1 aromatic rings. The van der Waals surface area contributed by atoms with E-state index in [1.807, 2.05) is 32.0 Å². The predicted molar refractivity (Wildman–Crippen MR) is 86.2 cm³/mol. The lowest BCUT2D eigenvalue weighted by Crippen LogP contribution is -2.35. The van der Waals surface area contributed by atoms with Crippen LogP contribution in [0.4, 0.5) is 0 Å². The maximum Gasteiger partial charge on any atom is 0.133 e. The van der Waals surface area contributed by atoms with Crippen molar-refractivity contribution in [1.82, 2.24) is 5.32 Å². The molecular weight excluding hydrogens is 338 g/mol. The van der Waals surface area contributed by atoms with E-state index in [1.165, 1.54) is 0 Å². The smallest absolute Gasteiger partial charge is 0.133 e. The van der Waals surface area contributed by atoms with E-state index in [0.29, 0.717) is 31.5 Å². The largest absolute Gasteiger partial charge is 0.491 e. The highest BCUT2D eigenvalue weighted by Gasteiger charge is 2.08. The molecule has 0 aliphatic carbocycles. The highest BCUT2D eigenvalue weighted by atomic mass is 79.9. The number of aliphatic hydroxyl groups is 1. The van der Waals surface area contributed by atoms with Crippen LogP contribution in [-0.4, -0.2) is 50.7 Å². The lowest BCUT2D eigenvalue weighted by Gasteiger charge is -2.16. The van der Waals surface area contributed by atoms with Gasteiger partial charge in [-0.25, -0.2) is 0 Å². The molecule has 0 saturated carbocycles. The summed E-state index contributed by atoms with van der Waals surface area (Å²) in [5.74, 6) is 1.42. The van der Waals surface area contributed by atoms with Crippen molar-refractivity contribution in [2.45, 2.75) is 26.0 Å². The van der Waals surface area contributed by atoms with Crippen LogP contribution in [-0.2, 0) is 4.74 Å². The second kappa shape index (κ2) is 10.00. The quantitative estimate of drug-likeness (QED) is 0.625. The van der Waals surface area contributed by atoms with Crippen molar-refractivity contribution < 1.29 is 19.3 Å². The number of methoxy groups -OCH3 is 1. The molecule has 1 atom stereocenters. The Kier molecular flexibility index (Phi) is 8.68. The molecule has 0 aromatic heterocycles. The molecule has 21 heavy (non-hydrogen) atoms. The van der Waals surface area contributed by atoms with Crippen molar-refractivity contribution in [3.05, 3.63) is 22.7 Å². The average molecular weight is 362 g/mol. The van der Waals surface area contributed by atoms with Gasteiger partial charge in [-0.1, -0.05) is 13.8 Å². The minimum atomic E-state index is -0.545. The van der Waals surface area contributed by atoms with E-state index < -0.39 is 6.10 Å². The molecule has 0 saturated heterocycles. The first-order valence-electron chi connectivity index (χ1n) is 6.98. The Morgan fingerprint density at radius 2 is 2.00 bits per heavy atom. The van der Waals surface area contributed by atoms with Crippen molar-refractivity contribution in [3.8, 4) is 11.5 Å². The molecule has 0 fully saturated rings. The molecule has 0 radical (unpaired) electrons. The second-order valence-corrected chi connectivity index (χ2v) is 5.82. The van der Waals surface area contributed by atoms with E-state index in [0.717, 1.165) is 10.2 Å². The topological polar surface area (TPSA) is 60.0 Å². The zero-order chi connectivity index (χ0) is 15.7. The molecular formula is C15H24BrNO4. The molecule has 0 aliphatic heterocycles. The number of rotatable bonds is 10. The van der Waals surface area contributed by atoms with Gasteiger partial charge in [-0.05, 0) is 34.1 Å². The third-order valence-electron chi connectivity index (χ3n) is 2.65. The summed E-state index contributed by atoms with van der Waals surface area (Å²) in [5, 5.41) is 13.0. The summed E-state index contributed by atoms with van der Waals surface area (Å²) in [5.41, 5.74) is 0. The first kappa shape index (κ1) is 18.2. The van der Waals surface area contributed by atoms with Crippen LogP contribution in [0, 0.1) is 0 Å². The Morgan fingerprint density at radius 3 is 2.62 bits per heavy atom. The van der Waals surface area contributed by atoms with Gasteiger partial charge in [0, 0.05) is 19.7 Å². The monoisotopic (exact) mass is 361 g/mol. The zero-order valence-corrected chi connectivity index (χ0v) is 14.4. The van der Waals surface area contributed by atoms with E-state index in [-0.39, 0.29) is 6.61 Å². The van der Waals surface area contributed by atoms with Gasteiger partial charge in [0.05, 0.1) is 11.1 Å². The Balaban J connectivity index is 2.41. The maximum absolute atomic E-state index is 9.81. The highest BCUT2D eigenvalue weighted by molar-refractivity contribution is 9.10. The molecule has 1 unspecified atom stereocenters. The van der Waals surface area contributed by atoms with E-state index in [2.05, 4.69) is 21.2 Å². The highest BCUT2D eigenvalue weighted by Crippen LogP contribution is 2.29. The minimum Gasteiger partial charge on any atom is -0.491 e. The van der Waals surface area contributed by atoms with E-state index in [9.17, 15) is 5.11 Å². The Labute approximate surface area is 134 Å². The van der Waals surface area contributed by atoms with Crippen LogP contribution in [0.15, 0.2) is 22.7 Å². The third-order valence-corrected chi connectivity index (χ3v) is 3.27. The summed E-state index contributed by atoms with van der Waals surface area (Å²) in [6.07, 6.45) is -0.545. The number of halogens is 1. The molecule has 0 bridgehead atoms. The van der Waals surface area contributed by atoms with Crippen molar-refractivity contribution in [2.75, 3.05) is 33.5 Å². The fraction of sp³-hybridized carbons (Fsp3) is 0.600. The predicted octanol–water partition coefficient (Wildman–Crippen LogP) is 2.21. The standard InChI is InChI=1S/C15H24BrNO4/c1-11(2)17-9-12(18)10-21-15-5-4-13(8-14(15)16)20-7-6-19-3/h4-5,8,11-12,17-18H,6-7,9-10H2,1-3H3. The molecule has 0 spiro atoms. The molecule has 0 amide bonds. The van der Waals surface area contributed by atoms with Gasteiger partial charge in [-0.15, -0.1) is 0 Å². The Morgan fingerprint density at radius 1 is 1.24 bits per heavy atom. The zero-order valence-electron chi connectivity index (χ0n) is 12.8. The van der Waals surface area contributed by atoms with E-state index >= 15 is 0 Å². The molecule has 1 aromatic carbocycles. The first-order chi connectivity index (χ1) is 10.0. The second-order valence-electron chi connectivity index (χ2n) is 4.96. The molecule has 1 rings (SSSR count). The van der Waals surface area contributed by atoms with Crippen LogP contribution < -0.4 is 14.8 Å². The van der Waals surface area contributed by atoms with Crippen LogP contribution in [0.25, 0.3) is 0 Å². The van der Waals surface area contributed by atoms with Crippen LogP contribution >= 0.6 is 15.9 Å². The number of aliphatic hydroxyl groups excluding tert-OH is 1. The van der Waals surface area contributed by atoms with Gasteiger partial charge >= 0.3 is 0 Å². The SMILES string of the molecule is COCCOc1ccc(OCC(O)CNC(C)C)c(Br)c1. The maximum atomic E-state index is 9.81. The van der Waals surface area contributed by atoms with Crippen LogP contribution in [0.2, 0.25) is 0 Å². The summed E-state index contributed by atoms with van der Waals surface area (Å²) >= 11 is 3.43. The molecule has 0 heterocycles. The normalized spacial score (nSPS) is 12.5. The molecule has 5 nitrogen and oxygen atoms in total. The molecule has 2 N–H and O–H groups in total. The molecule has 0 aliphatic rings. The summed E-state index contributed by atoms with van der Waals surface area (Å²) in [6, 6.07) is 5.82. The van der Waals surface area contributed by atoms with Crippen LogP contribution in [0.5, 0.6) is 11.5 Å². The van der Waals surface area contributed by atoms with Gasteiger partial charge in [-0.2, -0.15) is 0 Å². The van der Waals surface area contributed by atoms with E-state index in [1.54, 1.807) is 7.11 Å². The summed E-state index contributed by atoms with van der Waals surface area (Å²) in [7, 11) is 1.63. The van der Waals surface area contributed by atoms with Gasteiger partial charge in [0.1, 0.15) is 30.8 Å². The van der Waals surface area contributed by atoms with Crippen molar-refractivity contribution in [1.29, 1.82) is 0 Å². The van der Waals surface area contributed by atoms with Gasteiger partial charge in [0.15, 0.2) is 0 Å². The van der Waals surface area contributed by atoms with Gasteiger partial charge in [-0.3, -0.25) is 0 Å². The molecule has 6 heteroatoms. The average Bonchev–Trinajstić information content (AvgIpc) is 2.44. The summed E-state index contributed by atoms with van der Waals surface area (Å²) in [6.45, 7) is 5.86. The number of hydrogen-bond acceptors (Lipinski definition) is 5. The fourth-order valence-corrected chi connectivity index (χ4v) is 2.02. The number of benzene rings is 1. The minimum absolute atomic E-state index is 0.238. The van der Waals surface area contributed by atoms with E-state index in [4.69, 9.17) is 14.2 Å². The van der Waals surface area contributed by atoms with Gasteiger partial charge in [0.25, 0.3) is 0 Å².